The number of piperidine rings is 1. The average molecular weight is 282 g/mol. The molecule has 1 fully saturated rings. The van der Waals surface area contributed by atoms with E-state index in [-0.39, 0.29) is 9.59 Å². The Kier molecular flexibility index (Phi) is 3.09. The fraction of sp³-hybridized carbons (Fsp3) is 0.417. The van der Waals surface area contributed by atoms with Crippen LogP contribution in [0.1, 0.15) is 12.8 Å². The number of para-hydroxylation sites is 1. The van der Waals surface area contributed by atoms with Crippen LogP contribution < -0.4 is 5.32 Å². The van der Waals surface area contributed by atoms with Gasteiger partial charge in [0.2, 0.25) is 14.2 Å². The highest BCUT2D eigenvalue weighted by atomic mass is 32.2. The molecule has 0 amide bonds. The van der Waals surface area contributed by atoms with Crippen LogP contribution in [0.25, 0.3) is 10.2 Å². The molecule has 1 saturated heterocycles. The third-order valence-electron chi connectivity index (χ3n) is 3.24. The SMILES string of the molecule is O=S(=O)(c1nc2ccccc2s1)C1CCNCC1. The molecule has 4 nitrogen and oxygen atoms in total. The summed E-state index contributed by atoms with van der Waals surface area (Å²) >= 11 is 1.28. The maximum atomic E-state index is 12.5. The summed E-state index contributed by atoms with van der Waals surface area (Å²) in [7, 11) is -3.26. The largest absolute Gasteiger partial charge is 0.317 e. The van der Waals surface area contributed by atoms with Crippen LogP contribution in [0.5, 0.6) is 0 Å². The van der Waals surface area contributed by atoms with Gasteiger partial charge in [-0.15, -0.1) is 11.3 Å². The van der Waals surface area contributed by atoms with E-state index in [1.165, 1.54) is 11.3 Å². The fourth-order valence-corrected chi connectivity index (χ4v) is 5.43. The van der Waals surface area contributed by atoms with Crippen molar-refractivity contribution < 1.29 is 8.42 Å². The second-order valence-electron chi connectivity index (χ2n) is 4.44. The van der Waals surface area contributed by atoms with Gasteiger partial charge in [0, 0.05) is 0 Å². The molecule has 1 aliphatic heterocycles. The van der Waals surface area contributed by atoms with Crippen molar-refractivity contribution in [3.05, 3.63) is 24.3 Å². The first-order valence-electron chi connectivity index (χ1n) is 5.98. The van der Waals surface area contributed by atoms with Crippen LogP contribution in [0.3, 0.4) is 0 Å². The molecular formula is C12H14N2O2S2. The second kappa shape index (κ2) is 4.60. The number of benzene rings is 1. The summed E-state index contributed by atoms with van der Waals surface area (Å²) < 4.78 is 26.2. The van der Waals surface area contributed by atoms with Crippen molar-refractivity contribution in [2.24, 2.45) is 0 Å². The molecule has 0 saturated carbocycles. The van der Waals surface area contributed by atoms with Gasteiger partial charge in [-0.2, -0.15) is 0 Å². The smallest absolute Gasteiger partial charge is 0.210 e. The molecule has 6 heteroatoms. The van der Waals surface area contributed by atoms with E-state index in [0.717, 1.165) is 23.3 Å². The highest BCUT2D eigenvalue weighted by molar-refractivity contribution is 7.94. The summed E-state index contributed by atoms with van der Waals surface area (Å²) in [6.45, 7) is 1.55. The highest BCUT2D eigenvalue weighted by Gasteiger charge is 2.31. The van der Waals surface area contributed by atoms with Crippen LogP contribution in [0.15, 0.2) is 28.6 Å². The van der Waals surface area contributed by atoms with Crippen LogP contribution in [-0.4, -0.2) is 31.7 Å². The van der Waals surface area contributed by atoms with Crippen molar-refractivity contribution in [2.75, 3.05) is 13.1 Å². The molecule has 2 aromatic rings. The predicted molar refractivity (Wildman–Crippen MR) is 72.7 cm³/mol. The fourth-order valence-electron chi connectivity index (χ4n) is 2.22. The third kappa shape index (κ3) is 2.04. The van der Waals surface area contributed by atoms with E-state index < -0.39 is 9.84 Å². The first kappa shape index (κ1) is 12.1. The van der Waals surface area contributed by atoms with Crippen molar-refractivity contribution in [2.45, 2.75) is 22.4 Å². The van der Waals surface area contributed by atoms with Crippen LogP contribution in [0.2, 0.25) is 0 Å². The Morgan fingerprint density at radius 1 is 1.22 bits per heavy atom. The molecule has 0 aliphatic carbocycles. The summed E-state index contributed by atoms with van der Waals surface area (Å²) in [4.78, 5) is 4.27. The lowest BCUT2D eigenvalue weighted by molar-refractivity contribution is 0.496. The standard InChI is InChI=1S/C12H14N2O2S2/c15-18(16,9-5-7-13-8-6-9)12-14-10-3-1-2-4-11(10)17-12/h1-4,9,13H,5-8H2. The molecule has 0 unspecified atom stereocenters. The van der Waals surface area contributed by atoms with E-state index in [0.29, 0.717) is 12.8 Å². The second-order valence-corrected chi connectivity index (χ2v) is 7.87. The molecule has 0 radical (unpaired) electrons. The number of nitrogens with one attached hydrogen (secondary N) is 1. The van der Waals surface area contributed by atoms with E-state index in [1.807, 2.05) is 24.3 Å². The maximum absolute atomic E-state index is 12.5. The van der Waals surface area contributed by atoms with Crippen LogP contribution in [0.4, 0.5) is 0 Å². The zero-order valence-corrected chi connectivity index (χ0v) is 11.4. The Bertz CT molecular complexity index is 625. The van der Waals surface area contributed by atoms with Gasteiger partial charge in [-0.3, -0.25) is 0 Å². The van der Waals surface area contributed by atoms with E-state index in [4.69, 9.17) is 0 Å². The van der Waals surface area contributed by atoms with Gasteiger partial charge in [0.1, 0.15) is 0 Å². The van der Waals surface area contributed by atoms with Gasteiger partial charge in [-0.05, 0) is 38.1 Å². The average Bonchev–Trinajstić information content (AvgIpc) is 2.84. The minimum absolute atomic E-state index is 0.274. The maximum Gasteiger partial charge on any atom is 0.210 e. The summed E-state index contributed by atoms with van der Waals surface area (Å²) in [5.74, 6) is 0. The number of fused-ring (bicyclic) bond motifs is 1. The molecule has 1 aromatic heterocycles. The van der Waals surface area contributed by atoms with Gasteiger partial charge < -0.3 is 5.32 Å². The first-order chi connectivity index (χ1) is 8.68. The highest BCUT2D eigenvalue weighted by Crippen LogP contribution is 2.29. The number of sulfone groups is 1. The monoisotopic (exact) mass is 282 g/mol. The molecule has 3 rings (SSSR count). The number of rotatable bonds is 2. The van der Waals surface area contributed by atoms with Crippen LogP contribution >= 0.6 is 11.3 Å². The van der Waals surface area contributed by atoms with Crippen LogP contribution in [0, 0.1) is 0 Å². The number of aromatic nitrogens is 1. The van der Waals surface area contributed by atoms with Gasteiger partial charge in [0.15, 0.2) is 0 Å². The van der Waals surface area contributed by atoms with E-state index in [9.17, 15) is 8.42 Å². The molecule has 2 heterocycles. The normalized spacial score (nSPS) is 18.2. The number of thiazole rings is 1. The van der Waals surface area contributed by atoms with Gasteiger partial charge in [0.25, 0.3) is 0 Å². The van der Waals surface area contributed by atoms with Crippen molar-refractivity contribution in [3.63, 3.8) is 0 Å². The lowest BCUT2D eigenvalue weighted by Gasteiger charge is -2.21. The summed E-state index contributed by atoms with van der Waals surface area (Å²) in [6, 6.07) is 7.55. The number of nitrogens with zero attached hydrogens (tertiary/aromatic N) is 1. The Morgan fingerprint density at radius 2 is 1.94 bits per heavy atom. The summed E-state index contributed by atoms with van der Waals surface area (Å²) in [5.41, 5.74) is 0.773. The van der Waals surface area contributed by atoms with Crippen molar-refractivity contribution in [1.29, 1.82) is 0 Å². The molecular weight excluding hydrogens is 268 g/mol. The number of hydrogen-bond acceptors (Lipinski definition) is 5. The van der Waals surface area contributed by atoms with E-state index in [1.54, 1.807) is 0 Å². The Hall–Kier alpha value is -0.980. The van der Waals surface area contributed by atoms with E-state index >= 15 is 0 Å². The summed E-state index contributed by atoms with van der Waals surface area (Å²) in [6.07, 6.45) is 1.36. The van der Waals surface area contributed by atoms with Gasteiger partial charge >= 0.3 is 0 Å². The minimum atomic E-state index is -3.26. The molecule has 1 aliphatic rings. The van der Waals surface area contributed by atoms with Crippen LogP contribution in [-0.2, 0) is 9.84 Å². The van der Waals surface area contributed by atoms with Crippen molar-refractivity contribution in [1.82, 2.24) is 10.3 Å². The van der Waals surface area contributed by atoms with Crippen molar-refractivity contribution >= 4 is 31.4 Å². The first-order valence-corrected chi connectivity index (χ1v) is 8.34. The quantitative estimate of drug-likeness (QED) is 0.913. The lowest BCUT2D eigenvalue weighted by Crippen LogP contribution is -2.35. The summed E-state index contributed by atoms with van der Waals surface area (Å²) in [5, 5.41) is 2.90. The number of hydrogen-bond donors (Lipinski definition) is 1. The third-order valence-corrected chi connectivity index (χ3v) is 6.95. The lowest BCUT2D eigenvalue weighted by atomic mass is 10.2. The van der Waals surface area contributed by atoms with Gasteiger partial charge in [-0.25, -0.2) is 13.4 Å². The molecule has 0 spiro atoms. The topological polar surface area (TPSA) is 59.1 Å². The van der Waals surface area contributed by atoms with E-state index in [2.05, 4.69) is 10.3 Å². The predicted octanol–water partition coefficient (Wildman–Crippen LogP) is 1.82. The Labute approximate surface area is 110 Å². The molecule has 1 aromatic carbocycles. The molecule has 1 N–H and O–H groups in total. The zero-order chi connectivity index (χ0) is 12.6. The zero-order valence-electron chi connectivity index (χ0n) is 9.80. The molecule has 96 valence electrons. The Morgan fingerprint density at radius 3 is 2.67 bits per heavy atom. The Balaban J connectivity index is 2.01. The van der Waals surface area contributed by atoms with Gasteiger partial charge in [0.05, 0.1) is 15.5 Å². The minimum Gasteiger partial charge on any atom is -0.317 e. The molecule has 0 bridgehead atoms. The van der Waals surface area contributed by atoms with Gasteiger partial charge in [-0.1, -0.05) is 12.1 Å². The molecule has 18 heavy (non-hydrogen) atoms. The molecule has 0 atom stereocenters. The van der Waals surface area contributed by atoms with Crippen molar-refractivity contribution in [3.8, 4) is 0 Å².